The second-order valence-corrected chi connectivity index (χ2v) is 12.5. The van der Waals surface area contributed by atoms with Crippen LogP contribution in [0.15, 0.2) is 121 Å². The van der Waals surface area contributed by atoms with Crippen LogP contribution in [0.5, 0.6) is 0 Å². The average Bonchev–Trinajstić information content (AvgIpc) is 3.62. The first-order chi connectivity index (χ1) is 20.7. The number of hydrogen-bond donors (Lipinski definition) is 0. The Morgan fingerprint density at radius 1 is 0.429 bits per heavy atom. The van der Waals surface area contributed by atoms with Gasteiger partial charge >= 0.3 is 0 Å². The summed E-state index contributed by atoms with van der Waals surface area (Å²) in [4.78, 5) is 0. The zero-order chi connectivity index (χ0) is 28.2. The van der Waals surface area contributed by atoms with Crippen molar-refractivity contribution in [1.82, 2.24) is 0 Å². The minimum Gasteiger partial charge on any atom is -0.192 e. The van der Waals surface area contributed by atoms with Gasteiger partial charge in [-0.2, -0.15) is 10.5 Å². The van der Waals surface area contributed by atoms with Crippen LogP contribution < -0.4 is 0 Å². The molecule has 8 rings (SSSR count). The van der Waals surface area contributed by atoms with Crippen molar-refractivity contribution in [3.05, 3.63) is 132 Å². The van der Waals surface area contributed by atoms with Gasteiger partial charge in [0.15, 0.2) is 0 Å². The van der Waals surface area contributed by atoms with Crippen LogP contribution in [-0.4, -0.2) is 0 Å². The first kappa shape index (κ1) is 24.5. The van der Waals surface area contributed by atoms with Crippen LogP contribution >= 0.6 is 22.7 Å². The highest BCUT2D eigenvalue weighted by atomic mass is 32.1. The van der Waals surface area contributed by atoms with Crippen LogP contribution in [-0.2, 0) is 0 Å². The van der Waals surface area contributed by atoms with Crippen molar-refractivity contribution >= 4 is 63.0 Å². The van der Waals surface area contributed by atoms with Crippen molar-refractivity contribution in [2.75, 3.05) is 0 Å². The highest BCUT2D eigenvalue weighted by Gasteiger charge is 2.19. The Balaban J connectivity index is 1.44. The fourth-order valence-electron chi connectivity index (χ4n) is 5.99. The summed E-state index contributed by atoms with van der Waals surface area (Å²) in [5.74, 6) is 0. The number of fused-ring (bicyclic) bond motifs is 6. The molecule has 0 fully saturated rings. The molecule has 0 aliphatic heterocycles. The van der Waals surface area contributed by atoms with E-state index in [-0.39, 0.29) is 0 Å². The molecule has 0 saturated heterocycles. The number of hydrogen-bond acceptors (Lipinski definition) is 4. The fraction of sp³-hybridized carbons (Fsp3) is 0. The Bertz CT molecular complexity index is 2450. The summed E-state index contributed by atoms with van der Waals surface area (Å²) in [7, 11) is 0. The average molecular weight is 569 g/mol. The predicted molar refractivity (Wildman–Crippen MR) is 178 cm³/mol. The largest absolute Gasteiger partial charge is 0.192 e. The van der Waals surface area contributed by atoms with Crippen LogP contribution in [0.4, 0.5) is 0 Å². The maximum Gasteiger partial charge on any atom is 0.100 e. The van der Waals surface area contributed by atoms with E-state index < -0.39 is 0 Å². The van der Waals surface area contributed by atoms with Crippen LogP contribution in [0.1, 0.15) is 11.1 Å². The maximum absolute atomic E-state index is 10.6. The molecule has 0 N–H and O–H groups in total. The summed E-state index contributed by atoms with van der Waals surface area (Å²) in [6, 6.07) is 46.7. The van der Waals surface area contributed by atoms with E-state index in [4.69, 9.17) is 0 Å². The normalized spacial score (nSPS) is 11.3. The van der Waals surface area contributed by atoms with Crippen molar-refractivity contribution in [2.45, 2.75) is 0 Å². The topological polar surface area (TPSA) is 47.6 Å². The maximum atomic E-state index is 10.6. The summed E-state index contributed by atoms with van der Waals surface area (Å²) in [5.41, 5.74) is 6.97. The van der Waals surface area contributed by atoms with Gasteiger partial charge in [-0.3, -0.25) is 0 Å². The molecule has 0 amide bonds. The summed E-state index contributed by atoms with van der Waals surface area (Å²) in [6.07, 6.45) is 0. The molecule has 0 bridgehead atoms. The summed E-state index contributed by atoms with van der Waals surface area (Å²) in [5, 5.41) is 25.2. The molecule has 42 heavy (non-hydrogen) atoms. The van der Waals surface area contributed by atoms with E-state index in [1.807, 2.05) is 18.2 Å². The quantitative estimate of drug-likeness (QED) is 0.213. The van der Waals surface area contributed by atoms with Crippen LogP contribution in [0, 0.1) is 22.7 Å². The molecule has 0 atom stereocenters. The summed E-state index contributed by atoms with van der Waals surface area (Å²) < 4.78 is 4.91. The number of benzene rings is 6. The molecule has 6 aromatic carbocycles. The van der Waals surface area contributed by atoms with E-state index in [0.29, 0.717) is 11.1 Å². The minimum absolute atomic E-state index is 0.571. The molecule has 0 spiro atoms. The van der Waals surface area contributed by atoms with E-state index in [1.165, 1.54) is 40.3 Å². The first-order valence-electron chi connectivity index (χ1n) is 13.6. The Morgan fingerprint density at radius 3 is 1.93 bits per heavy atom. The lowest BCUT2D eigenvalue weighted by molar-refractivity contribution is 1.46. The second kappa shape index (κ2) is 9.68. The van der Waals surface area contributed by atoms with Crippen molar-refractivity contribution in [3.63, 3.8) is 0 Å². The van der Waals surface area contributed by atoms with Gasteiger partial charge in [-0.25, -0.2) is 0 Å². The summed E-state index contributed by atoms with van der Waals surface area (Å²) >= 11 is 3.57. The molecule has 2 nitrogen and oxygen atoms in total. The predicted octanol–water partition coefficient (Wildman–Crippen LogP) is 11.2. The van der Waals surface area contributed by atoms with Crippen molar-refractivity contribution in [3.8, 4) is 45.5 Å². The van der Waals surface area contributed by atoms with Crippen LogP contribution in [0.25, 0.3) is 73.7 Å². The van der Waals surface area contributed by atoms with Gasteiger partial charge in [0.25, 0.3) is 0 Å². The lowest BCUT2D eigenvalue weighted by Crippen LogP contribution is -1.93. The molecule has 0 radical (unpaired) electrons. The molecule has 2 heterocycles. The van der Waals surface area contributed by atoms with Crippen molar-refractivity contribution < 1.29 is 0 Å². The van der Waals surface area contributed by atoms with Crippen molar-refractivity contribution in [2.24, 2.45) is 0 Å². The molecule has 194 valence electrons. The molecule has 4 heteroatoms. The minimum atomic E-state index is 0.571. The van der Waals surface area contributed by atoms with Crippen LogP contribution in [0.3, 0.4) is 0 Å². The van der Waals surface area contributed by atoms with Gasteiger partial charge in [0, 0.05) is 57.0 Å². The standard InChI is InChI=1S/C38H20N2S2/c39-21-23-7-5-8-25(17-23)32-18-26(24-15-16-29-27-9-1-3-13-35(27)41-37(29)20-24)19-33(34(32)22-40)31-12-6-11-30-28-10-2-4-14-36(28)42-38(30)31/h1-20H. The van der Waals surface area contributed by atoms with Crippen molar-refractivity contribution in [1.29, 1.82) is 10.5 Å². The highest BCUT2D eigenvalue weighted by Crippen LogP contribution is 2.44. The third-order valence-corrected chi connectivity index (χ3v) is 10.3. The van der Waals surface area contributed by atoms with Gasteiger partial charge in [0.1, 0.15) is 6.07 Å². The highest BCUT2D eigenvalue weighted by molar-refractivity contribution is 7.26. The second-order valence-electron chi connectivity index (χ2n) is 10.3. The third kappa shape index (κ3) is 3.82. The third-order valence-electron chi connectivity index (χ3n) is 7.96. The smallest absolute Gasteiger partial charge is 0.100 e. The lowest BCUT2D eigenvalue weighted by Gasteiger charge is -2.15. The number of thiophene rings is 2. The zero-order valence-electron chi connectivity index (χ0n) is 22.3. The van der Waals surface area contributed by atoms with Gasteiger partial charge in [0.2, 0.25) is 0 Å². The lowest BCUT2D eigenvalue weighted by atomic mass is 9.87. The number of nitrogens with zero attached hydrogens (tertiary/aromatic N) is 2. The number of rotatable bonds is 3. The number of nitriles is 2. The van der Waals surface area contributed by atoms with Gasteiger partial charge in [-0.15, -0.1) is 22.7 Å². The molecule has 0 unspecified atom stereocenters. The molecule has 0 aliphatic rings. The Morgan fingerprint density at radius 2 is 1.12 bits per heavy atom. The zero-order valence-corrected chi connectivity index (χ0v) is 23.9. The Labute approximate surface area is 250 Å². The van der Waals surface area contributed by atoms with E-state index >= 15 is 0 Å². The van der Waals surface area contributed by atoms with E-state index in [0.717, 1.165) is 33.4 Å². The molecular formula is C38H20N2S2. The molecule has 0 saturated carbocycles. The Kier molecular flexibility index (Phi) is 5.66. The van der Waals surface area contributed by atoms with E-state index in [2.05, 4.69) is 109 Å². The summed E-state index contributed by atoms with van der Waals surface area (Å²) in [6.45, 7) is 0. The van der Waals surface area contributed by atoms with Gasteiger partial charge in [-0.05, 0) is 59.2 Å². The molecule has 2 aromatic heterocycles. The monoisotopic (exact) mass is 568 g/mol. The molecular weight excluding hydrogens is 549 g/mol. The van der Waals surface area contributed by atoms with E-state index in [1.54, 1.807) is 28.7 Å². The van der Waals surface area contributed by atoms with Gasteiger partial charge in [0.05, 0.1) is 17.2 Å². The molecule has 8 aromatic rings. The molecule has 0 aliphatic carbocycles. The first-order valence-corrected chi connectivity index (χ1v) is 15.3. The fourth-order valence-corrected chi connectivity index (χ4v) is 8.37. The van der Waals surface area contributed by atoms with E-state index in [9.17, 15) is 10.5 Å². The SMILES string of the molecule is N#Cc1cccc(-c2cc(-c3ccc4c(c3)sc3ccccc34)cc(-c3cccc4c3sc3ccccc34)c2C#N)c1. The van der Waals surface area contributed by atoms with Gasteiger partial charge in [-0.1, -0.05) is 78.9 Å². The van der Waals surface area contributed by atoms with Gasteiger partial charge < -0.3 is 0 Å². The van der Waals surface area contributed by atoms with Crippen LogP contribution in [0.2, 0.25) is 0 Å². The Hall–Kier alpha value is -5.26.